The lowest BCUT2D eigenvalue weighted by atomic mass is 9.78. The Morgan fingerprint density at radius 1 is 0.977 bits per heavy atom. The van der Waals surface area contributed by atoms with Gasteiger partial charge in [-0.25, -0.2) is 14.6 Å². The first-order chi connectivity index (χ1) is 21.2. The van der Waals surface area contributed by atoms with Crippen molar-refractivity contribution in [1.29, 1.82) is 0 Å². The summed E-state index contributed by atoms with van der Waals surface area (Å²) in [6, 6.07) is 12.6. The van der Waals surface area contributed by atoms with Crippen LogP contribution < -0.4 is 20.1 Å². The van der Waals surface area contributed by atoms with E-state index in [9.17, 15) is 14.4 Å². The highest BCUT2D eigenvalue weighted by Crippen LogP contribution is 2.41. The first-order valence-corrected chi connectivity index (χ1v) is 15.3. The second kappa shape index (κ2) is 13.5. The number of fused-ring (bicyclic) bond motifs is 2. The molecule has 2 aromatic carbocycles. The highest BCUT2D eigenvalue weighted by Gasteiger charge is 2.31. The molecule has 0 saturated heterocycles. The van der Waals surface area contributed by atoms with Crippen LogP contribution >= 0.6 is 0 Å². The van der Waals surface area contributed by atoms with Crippen molar-refractivity contribution in [3.63, 3.8) is 0 Å². The van der Waals surface area contributed by atoms with E-state index in [2.05, 4.69) is 31.4 Å². The first kappa shape index (κ1) is 31.0. The maximum absolute atomic E-state index is 13.7. The summed E-state index contributed by atoms with van der Waals surface area (Å²) in [5.41, 5.74) is 4.34. The summed E-state index contributed by atoms with van der Waals surface area (Å²) in [5.74, 6) is 0.969. The topological polar surface area (TPSA) is 116 Å². The molecule has 0 unspecified atom stereocenters. The number of pyridine rings is 1. The number of nitrogens with zero attached hydrogens (tertiary/aromatic N) is 1. The van der Waals surface area contributed by atoms with E-state index < -0.39 is 24.5 Å². The SMILES string of the molecule is COc1cccc(/C=C2\C[C@@H](C)Cc3c2nc2ccccc2c3C(=O)OCC(=O)NC(=O)N[C@@H]2CCC[C@@H](C)[C@H]2C)c1OC. The summed E-state index contributed by atoms with van der Waals surface area (Å²) in [6.45, 7) is 5.85. The number of hydrogen-bond acceptors (Lipinski definition) is 7. The molecular weight excluding hydrogens is 558 g/mol. The van der Waals surface area contributed by atoms with Gasteiger partial charge in [0.15, 0.2) is 18.1 Å². The van der Waals surface area contributed by atoms with Crippen molar-refractivity contribution in [3.05, 3.63) is 64.8 Å². The number of imide groups is 1. The van der Waals surface area contributed by atoms with Crippen molar-refractivity contribution in [2.24, 2.45) is 17.8 Å². The van der Waals surface area contributed by atoms with Crippen molar-refractivity contribution in [2.45, 2.75) is 58.9 Å². The zero-order valence-electron chi connectivity index (χ0n) is 26.1. The summed E-state index contributed by atoms with van der Waals surface area (Å²) < 4.78 is 16.7. The van der Waals surface area contributed by atoms with E-state index in [4.69, 9.17) is 19.2 Å². The quantitative estimate of drug-likeness (QED) is 0.312. The zero-order valence-corrected chi connectivity index (χ0v) is 26.1. The Labute approximate surface area is 258 Å². The molecule has 9 heteroatoms. The summed E-state index contributed by atoms with van der Waals surface area (Å²) >= 11 is 0. The highest BCUT2D eigenvalue weighted by molar-refractivity contribution is 6.07. The molecule has 1 fully saturated rings. The minimum absolute atomic E-state index is 0.00462. The summed E-state index contributed by atoms with van der Waals surface area (Å²) in [5, 5.41) is 5.89. The third kappa shape index (κ3) is 6.56. The second-order valence-electron chi connectivity index (χ2n) is 12.1. The smallest absolute Gasteiger partial charge is 0.339 e. The molecule has 2 aliphatic carbocycles. The van der Waals surface area contributed by atoms with Crippen LogP contribution in [0.5, 0.6) is 11.5 Å². The molecule has 1 saturated carbocycles. The number of esters is 1. The lowest BCUT2D eigenvalue weighted by Crippen LogP contribution is -2.49. The van der Waals surface area contributed by atoms with Crippen LogP contribution in [0, 0.1) is 17.8 Å². The molecule has 0 spiro atoms. The Bertz CT molecular complexity index is 1600. The number of carbonyl (C=O) groups excluding carboxylic acids is 3. The van der Waals surface area contributed by atoms with Gasteiger partial charge in [0.1, 0.15) is 0 Å². The van der Waals surface area contributed by atoms with E-state index in [0.29, 0.717) is 46.2 Å². The van der Waals surface area contributed by atoms with Gasteiger partial charge in [0.05, 0.1) is 31.0 Å². The average molecular weight is 600 g/mol. The van der Waals surface area contributed by atoms with Gasteiger partial charge in [-0.05, 0) is 66.4 Å². The number of methoxy groups -OCH3 is 2. The predicted octanol–water partition coefficient (Wildman–Crippen LogP) is 6.18. The normalized spacial score (nSPS) is 22.2. The number of rotatable bonds is 7. The van der Waals surface area contributed by atoms with Crippen LogP contribution in [0.15, 0.2) is 42.5 Å². The number of aromatic nitrogens is 1. The van der Waals surface area contributed by atoms with Crippen LogP contribution in [0.1, 0.15) is 73.6 Å². The van der Waals surface area contributed by atoms with Gasteiger partial charge in [0.25, 0.3) is 5.91 Å². The molecule has 3 amide bonds. The Morgan fingerprint density at radius 2 is 1.77 bits per heavy atom. The molecule has 5 rings (SSSR count). The van der Waals surface area contributed by atoms with Gasteiger partial charge < -0.3 is 19.5 Å². The number of ether oxygens (including phenoxy) is 3. The van der Waals surface area contributed by atoms with E-state index in [1.54, 1.807) is 14.2 Å². The van der Waals surface area contributed by atoms with Crippen LogP contribution in [0.2, 0.25) is 0 Å². The van der Waals surface area contributed by atoms with E-state index in [-0.39, 0.29) is 12.0 Å². The number of para-hydroxylation sites is 2. The number of carbonyl (C=O) groups is 3. The van der Waals surface area contributed by atoms with Crippen molar-refractivity contribution in [2.75, 3.05) is 20.8 Å². The summed E-state index contributed by atoms with van der Waals surface area (Å²) in [4.78, 5) is 43.9. The molecule has 1 heterocycles. The van der Waals surface area contributed by atoms with Crippen LogP contribution in [-0.2, 0) is 16.0 Å². The molecule has 44 heavy (non-hydrogen) atoms. The second-order valence-corrected chi connectivity index (χ2v) is 12.1. The minimum atomic E-state index is -0.682. The van der Waals surface area contributed by atoms with Gasteiger partial charge in [-0.2, -0.15) is 0 Å². The van der Waals surface area contributed by atoms with Crippen LogP contribution in [0.4, 0.5) is 4.79 Å². The van der Waals surface area contributed by atoms with Gasteiger partial charge in [-0.1, -0.05) is 63.9 Å². The number of amides is 3. The van der Waals surface area contributed by atoms with Crippen LogP contribution in [0.25, 0.3) is 22.6 Å². The number of hydrogen-bond donors (Lipinski definition) is 2. The fourth-order valence-corrected chi connectivity index (χ4v) is 6.54. The number of allylic oxidation sites excluding steroid dienone is 1. The minimum Gasteiger partial charge on any atom is -0.493 e. The van der Waals surface area contributed by atoms with Gasteiger partial charge in [-0.15, -0.1) is 0 Å². The van der Waals surface area contributed by atoms with Crippen LogP contribution in [-0.4, -0.2) is 49.8 Å². The number of nitrogens with one attached hydrogen (secondary N) is 2. The Kier molecular flexibility index (Phi) is 9.52. The molecule has 2 aliphatic rings. The molecule has 0 bridgehead atoms. The standard InChI is InChI=1S/C35H41N3O6/c1-20-16-24(18-23-11-9-15-29(42-4)33(23)43-5)32-26(17-20)31(25-12-6-7-13-28(25)36-32)34(40)44-19-30(39)38-35(41)37-27-14-8-10-21(2)22(27)3/h6-7,9,11-13,15,18,20-22,27H,8,10,14,16-17,19H2,1-5H3,(H2,37,38,39,41)/b24-18+/t20-,21-,22-,27-/m1/s1. The molecule has 0 radical (unpaired) electrons. The molecular formula is C35H41N3O6. The molecule has 0 aliphatic heterocycles. The fourth-order valence-electron chi connectivity index (χ4n) is 6.54. The zero-order chi connectivity index (χ0) is 31.4. The van der Waals surface area contributed by atoms with Crippen molar-refractivity contribution < 1.29 is 28.6 Å². The lowest BCUT2D eigenvalue weighted by Gasteiger charge is -2.34. The van der Waals surface area contributed by atoms with E-state index in [1.165, 1.54) is 0 Å². The third-order valence-corrected chi connectivity index (χ3v) is 9.00. The Morgan fingerprint density at radius 3 is 2.55 bits per heavy atom. The van der Waals surface area contributed by atoms with Gasteiger partial charge in [-0.3, -0.25) is 10.1 Å². The molecule has 4 atom stereocenters. The molecule has 3 aromatic rings. The maximum Gasteiger partial charge on any atom is 0.339 e. The summed E-state index contributed by atoms with van der Waals surface area (Å²) in [6.07, 6.45) is 6.46. The molecule has 232 valence electrons. The Hall–Kier alpha value is -4.40. The molecule has 2 N–H and O–H groups in total. The lowest BCUT2D eigenvalue weighted by molar-refractivity contribution is -0.123. The molecule has 9 nitrogen and oxygen atoms in total. The van der Waals surface area contributed by atoms with Crippen LogP contribution in [0.3, 0.4) is 0 Å². The maximum atomic E-state index is 13.7. The number of benzene rings is 2. The monoisotopic (exact) mass is 599 g/mol. The largest absolute Gasteiger partial charge is 0.493 e. The van der Waals surface area contributed by atoms with Gasteiger partial charge in [0.2, 0.25) is 0 Å². The fraction of sp³-hybridized carbons (Fsp3) is 0.429. The van der Waals surface area contributed by atoms with Gasteiger partial charge in [0, 0.05) is 17.0 Å². The predicted molar refractivity (Wildman–Crippen MR) is 170 cm³/mol. The van der Waals surface area contributed by atoms with E-state index in [0.717, 1.165) is 48.1 Å². The molecule has 1 aromatic heterocycles. The van der Waals surface area contributed by atoms with Gasteiger partial charge >= 0.3 is 12.0 Å². The van der Waals surface area contributed by atoms with Crippen molar-refractivity contribution in [3.8, 4) is 11.5 Å². The Balaban J connectivity index is 1.40. The summed E-state index contributed by atoms with van der Waals surface area (Å²) in [7, 11) is 3.20. The highest BCUT2D eigenvalue weighted by atomic mass is 16.5. The van der Waals surface area contributed by atoms with E-state index in [1.807, 2.05) is 48.5 Å². The van der Waals surface area contributed by atoms with Crippen molar-refractivity contribution >= 4 is 40.5 Å². The van der Waals surface area contributed by atoms with E-state index >= 15 is 0 Å². The number of urea groups is 1. The first-order valence-electron chi connectivity index (χ1n) is 15.3. The average Bonchev–Trinajstić information content (AvgIpc) is 3.01. The third-order valence-electron chi connectivity index (χ3n) is 9.00. The van der Waals surface area contributed by atoms with Crippen molar-refractivity contribution in [1.82, 2.24) is 15.6 Å².